The van der Waals surface area contributed by atoms with Crippen LogP contribution in [-0.2, 0) is 6.54 Å². The predicted molar refractivity (Wildman–Crippen MR) is 79.6 cm³/mol. The monoisotopic (exact) mass is 268 g/mol. The molecule has 1 rings (SSSR count). The first-order valence-corrected chi connectivity index (χ1v) is 6.88. The van der Waals surface area contributed by atoms with E-state index in [1.165, 1.54) is 5.56 Å². The highest BCUT2D eigenvalue weighted by atomic mass is 32.1. The molecule has 0 radical (unpaired) electrons. The number of aromatic nitrogens is 2. The van der Waals surface area contributed by atoms with Crippen molar-refractivity contribution < 1.29 is 0 Å². The Hall–Kier alpha value is -0.940. The molecule has 4 nitrogen and oxygen atoms in total. The van der Waals surface area contributed by atoms with Gasteiger partial charge in [-0.1, -0.05) is 26.1 Å². The molecule has 1 aromatic rings. The van der Waals surface area contributed by atoms with Gasteiger partial charge in [-0.15, -0.1) is 0 Å². The SMILES string of the molecule is Cc1cnn(CCN(CCC(N)=S)CC(C)C)c1. The molecule has 0 saturated carbocycles. The zero-order valence-corrected chi connectivity index (χ0v) is 12.4. The Morgan fingerprint density at radius 3 is 2.72 bits per heavy atom. The Bertz CT molecular complexity index is 373. The van der Waals surface area contributed by atoms with Crippen LogP contribution in [0.3, 0.4) is 0 Å². The third-order valence-electron chi connectivity index (χ3n) is 2.71. The van der Waals surface area contributed by atoms with Gasteiger partial charge in [0.1, 0.15) is 0 Å². The van der Waals surface area contributed by atoms with Crippen molar-refractivity contribution in [1.82, 2.24) is 14.7 Å². The lowest BCUT2D eigenvalue weighted by Crippen LogP contribution is -2.33. The topological polar surface area (TPSA) is 47.1 Å². The number of aryl methyl sites for hydroxylation is 1. The van der Waals surface area contributed by atoms with Crippen molar-refractivity contribution in [2.45, 2.75) is 33.7 Å². The van der Waals surface area contributed by atoms with E-state index in [0.717, 1.165) is 32.6 Å². The molecule has 0 amide bonds. The molecule has 0 atom stereocenters. The Balaban J connectivity index is 2.42. The quantitative estimate of drug-likeness (QED) is 0.731. The third-order valence-corrected chi connectivity index (χ3v) is 2.91. The molecule has 1 aromatic heterocycles. The molecule has 0 aliphatic carbocycles. The van der Waals surface area contributed by atoms with Gasteiger partial charge in [-0.3, -0.25) is 4.68 Å². The largest absolute Gasteiger partial charge is 0.393 e. The van der Waals surface area contributed by atoms with Gasteiger partial charge in [0, 0.05) is 32.3 Å². The highest BCUT2D eigenvalue weighted by Crippen LogP contribution is 2.02. The summed E-state index contributed by atoms with van der Waals surface area (Å²) in [6, 6.07) is 0. The summed E-state index contributed by atoms with van der Waals surface area (Å²) in [6.07, 6.45) is 4.75. The van der Waals surface area contributed by atoms with Crippen LogP contribution in [0, 0.1) is 12.8 Å². The summed E-state index contributed by atoms with van der Waals surface area (Å²) < 4.78 is 1.99. The average Bonchev–Trinajstić information content (AvgIpc) is 2.67. The smallest absolute Gasteiger partial charge is 0.0740 e. The van der Waals surface area contributed by atoms with Crippen LogP contribution >= 0.6 is 12.2 Å². The van der Waals surface area contributed by atoms with E-state index in [-0.39, 0.29) is 0 Å². The minimum absolute atomic E-state index is 0.596. The molecule has 0 fully saturated rings. The number of hydrogen-bond acceptors (Lipinski definition) is 3. The molecule has 1 heterocycles. The molecule has 2 N–H and O–H groups in total. The lowest BCUT2D eigenvalue weighted by molar-refractivity contribution is 0.238. The summed E-state index contributed by atoms with van der Waals surface area (Å²) in [7, 11) is 0. The Morgan fingerprint density at radius 1 is 1.50 bits per heavy atom. The predicted octanol–water partition coefficient (Wildman–Crippen LogP) is 1.83. The highest BCUT2D eigenvalue weighted by molar-refractivity contribution is 7.80. The van der Waals surface area contributed by atoms with Crippen LogP contribution in [0.25, 0.3) is 0 Å². The van der Waals surface area contributed by atoms with Gasteiger partial charge in [0.15, 0.2) is 0 Å². The van der Waals surface area contributed by atoms with Crippen molar-refractivity contribution in [3.8, 4) is 0 Å². The van der Waals surface area contributed by atoms with Crippen LogP contribution in [0.15, 0.2) is 12.4 Å². The fourth-order valence-corrected chi connectivity index (χ4v) is 2.00. The maximum atomic E-state index is 5.57. The fourth-order valence-electron chi connectivity index (χ4n) is 1.91. The lowest BCUT2D eigenvalue weighted by atomic mass is 10.2. The molecule has 0 saturated heterocycles. The molecule has 0 spiro atoms. The summed E-state index contributed by atoms with van der Waals surface area (Å²) in [5.74, 6) is 0.649. The van der Waals surface area contributed by atoms with Crippen LogP contribution < -0.4 is 5.73 Å². The van der Waals surface area contributed by atoms with E-state index in [2.05, 4.69) is 37.0 Å². The first-order chi connectivity index (χ1) is 8.47. The maximum Gasteiger partial charge on any atom is 0.0740 e. The molecule has 102 valence electrons. The third kappa shape index (κ3) is 6.12. The number of nitrogens with two attached hydrogens (primary N) is 1. The van der Waals surface area contributed by atoms with Crippen molar-refractivity contribution in [1.29, 1.82) is 0 Å². The first kappa shape index (κ1) is 15.1. The minimum Gasteiger partial charge on any atom is -0.393 e. The van der Waals surface area contributed by atoms with Gasteiger partial charge in [-0.2, -0.15) is 5.10 Å². The van der Waals surface area contributed by atoms with Gasteiger partial charge < -0.3 is 10.6 Å². The van der Waals surface area contributed by atoms with Crippen LogP contribution in [-0.4, -0.2) is 39.3 Å². The van der Waals surface area contributed by atoms with Crippen LogP contribution in [0.2, 0.25) is 0 Å². The van der Waals surface area contributed by atoms with Gasteiger partial charge in [-0.05, 0) is 18.4 Å². The average molecular weight is 268 g/mol. The maximum absolute atomic E-state index is 5.57. The lowest BCUT2D eigenvalue weighted by Gasteiger charge is -2.24. The van der Waals surface area contributed by atoms with Gasteiger partial charge >= 0.3 is 0 Å². The van der Waals surface area contributed by atoms with E-state index >= 15 is 0 Å². The van der Waals surface area contributed by atoms with Crippen molar-refractivity contribution in [3.05, 3.63) is 18.0 Å². The number of nitrogens with zero attached hydrogens (tertiary/aromatic N) is 3. The molecule has 0 aliphatic heterocycles. The molecule has 0 aromatic carbocycles. The Labute approximate surface area is 115 Å². The highest BCUT2D eigenvalue weighted by Gasteiger charge is 2.08. The van der Waals surface area contributed by atoms with E-state index in [9.17, 15) is 0 Å². The molecular weight excluding hydrogens is 244 g/mol. The molecular formula is C13H24N4S. The summed E-state index contributed by atoms with van der Waals surface area (Å²) in [4.78, 5) is 3.00. The fraction of sp³-hybridized carbons (Fsp3) is 0.692. The number of hydrogen-bond donors (Lipinski definition) is 1. The van der Waals surface area contributed by atoms with Crippen LogP contribution in [0.5, 0.6) is 0 Å². The van der Waals surface area contributed by atoms with Crippen LogP contribution in [0.4, 0.5) is 0 Å². The van der Waals surface area contributed by atoms with Gasteiger partial charge in [0.25, 0.3) is 0 Å². The summed E-state index contributed by atoms with van der Waals surface area (Å²) >= 11 is 4.94. The Morgan fingerprint density at radius 2 is 2.22 bits per heavy atom. The van der Waals surface area contributed by atoms with Gasteiger partial charge in [0.2, 0.25) is 0 Å². The van der Waals surface area contributed by atoms with Crippen molar-refractivity contribution in [2.24, 2.45) is 11.7 Å². The Kier molecular flexibility index (Phi) is 6.29. The van der Waals surface area contributed by atoms with E-state index in [1.807, 2.05) is 10.9 Å². The number of rotatable bonds is 8. The summed E-state index contributed by atoms with van der Waals surface area (Å²) in [6.45, 7) is 10.4. The second-order valence-corrected chi connectivity index (χ2v) is 5.72. The van der Waals surface area contributed by atoms with Crippen LogP contribution in [0.1, 0.15) is 25.8 Å². The van der Waals surface area contributed by atoms with E-state index in [4.69, 9.17) is 18.0 Å². The van der Waals surface area contributed by atoms with E-state index < -0.39 is 0 Å². The zero-order chi connectivity index (χ0) is 13.5. The van der Waals surface area contributed by atoms with Gasteiger partial charge in [-0.25, -0.2) is 0 Å². The normalized spacial score (nSPS) is 11.4. The molecule has 0 aliphatic rings. The molecule has 0 bridgehead atoms. The second kappa shape index (κ2) is 7.48. The van der Waals surface area contributed by atoms with Gasteiger partial charge in [0.05, 0.1) is 17.7 Å². The standard InChI is InChI=1S/C13H24N4S/c1-11(2)9-16(5-4-13(14)18)6-7-17-10-12(3)8-15-17/h8,10-11H,4-7,9H2,1-3H3,(H2,14,18). The summed E-state index contributed by atoms with van der Waals surface area (Å²) in [5, 5.41) is 4.30. The zero-order valence-electron chi connectivity index (χ0n) is 11.6. The first-order valence-electron chi connectivity index (χ1n) is 6.47. The van der Waals surface area contributed by atoms with Crippen molar-refractivity contribution in [3.63, 3.8) is 0 Å². The van der Waals surface area contributed by atoms with E-state index in [0.29, 0.717) is 10.9 Å². The second-order valence-electron chi connectivity index (χ2n) is 5.19. The minimum atomic E-state index is 0.596. The molecule has 5 heteroatoms. The van der Waals surface area contributed by atoms with Crippen molar-refractivity contribution >= 4 is 17.2 Å². The molecule has 18 heavy (non-hydrogen) atoms. The van der Waals surface area contributed by atoms with Crippen molar-refractivity contribution in [2.75, 3.05) is 19.6 Å². The summed E-state index contributed by atoms with van der Waals surface area (Å²) in [5.41, 5.74) is 6.77. The number of thiocarbonyl (C=S) groups is 1. The van der Waals surface area contributed by atoms with E-state index in [1.54, 1.807) is 0 Å². The molecule has 0 unspecified atom stereocenters.